The summed E-state index contributed by atoms with van der Waals surface area (Å²) >= 11 is 1.72. The Balaban J connectivity index is 1.87. The van der Waals surface area contributed by atoms with Crippen molar-refractivity contribution in [2.24, 2.45) is 0 Å². The number of rotatable bonds is 14. The predicted octanol–water partition coefficient (Wildman–Crippen LogP) is 9.07. The van der Waals surface area contributed by atoms with E-state index in [1.807, 2.05) is 20.8 Å². The molecule has 0 spiro atoms. The van der Waals surface area contributed by atoms with Crippen LogP contribution in [0.5, 0.6) is 0 Å². The molecule has 0 atom stereocenters. The van der Waals surface area contributed by atoms with Gasteiger partial charge in [0.05, 0.1) is 10.6 Å². The van der Waals surface area contributed by atoms with E-state index in [1.54, 1.807) is 11.3 Å². The first-order chi connectivity index (χ1) is 19.6. The monoisotopic (exact) mass is 573 g/mol. The molecule has 4 nitrogen and oxygen atoms in total. The molecular weight excluding hydrogens is 531 g/mol. The highest BCUT2D eigenvalue weighted by Gasteiger charge is 2.39. The summed E-state index contributed by atoms with van der Waals surface area (Å²) in [6.45, 7) is 14.1. The van der Waals surface area contributed by atoms with Crippen LogP contribution in [0.15, 0.2) is 60.7 Å². The molecule has 212 valence electrons. The van der Waals surface area contributed by atoms with Gasteiger partial charge in [-0.05, 0) is 62.1 Å². The van der Waals surface area contributed by atoms with Crippen LogP contribution in [0.25, 0.3) is 32.0 Å². The Morgan fingerprint density at radius 1 is 0.675 bits per heavy atom. The van der Waals surface area contributed by atoms with E-state index >= 15 is 0 Å². The van der Waals surface area contributed by atoms with Gasteiger partial charge in [0.2, 0.25) is 0 Å². The van der Waals surface area contributed by atoms with Gasteiger partial charge in [0.1, 0.15) is 0 Å². The summed E-state index contributed by atoms with van der Waals surface area (Å²) in [7, 11) is -3.04. The van der Waals surface area contributed by atoms with Gasteiger partial charge in [0, 0.05) is 54.1 Å². The van der Waals surface area contributed by atoms with E-state index in [0.29, 0.717) is 19.8 Å². The first-order valence-electron chi connectivity index (χ1n) is 14.8. The molecule has 0 N–H and O–H groups in total. The zero-order chi connectivity index (χ0) is 28.4. The summed E-state index contributed by atoms with van der Waals surface area (Å²) < 4.78 is 17.9. The minimum atomic E-state index is -3.04. The first kappa shape index (κ1) is 30.3. The predicted molar refractivity (Wildman–Crippen MR) is 174 cm³/mol. The van der Waals surface area contributed by atoms with Crippen LogP contribution in [0.4, 0.5) is 5.69 Å². The van der Waals surface area contributed by atoms with E-state index < -0.39 is 8.80 Å². The van der Waals surface area contributed by atoms with Gasteiger partial charge in [0.25, 0.3) is 0 Å². The van der Waals surface area contributed by atoms with E-state index in [0.717, 1.165) is 18.0 Å². The minimum Gasteiger partial charge on any atom is -0.371 e. The number of hydrogen-bond acceptors (Lipinski definition) is 5. The smallest absolute Gasteiger partial charge is 0.371 e. The number of fused-ring (bicyclic) bond motifs is 2. The Kier molecular flexibility index (Phi) is 11.2. The quantitative estimate of drug-likeness (QED) is 0.0855. The molecule has 0 saturated heterocycles. The molecule has 0 unspecified atom stereocenters. The van der Waals surface area contributed by atoms with E-state index in [4.69, 9.17) is 13.3 Å². The second kappa shape index (κ2) is 14.8. The van der Waals surface area contributed by atoms with Crippen LogP contribution >= 0.6 is 11.3 Å². The fourth-order valence-electron chi connectivity index (χ4n) is 5.23. The lowest BCUT2D eigenvalue weighted by Gasteiger charge is -2.29. The van der Waals surface area contributed by atoms with Crippen LogP contribution in [-0.2, 0) is 13.3 Å². The molecule has 0 bridgehead atoms. The molecule has 0 fully saturated rings. The van der Waals surface area contributed by atoms with E-state index in [9.17, 15) is 0 Å². The third-order valence-corrected chi connectivity index (χ3v) is 10.4. The highest BCUT2D eigenvalue weighted by molar-refractivity contribution is 7.16. The van der Waals surface area contributed by atoms with Gasteiger partial charge >= 0.3 is 8.80 Å². The molecule has 3 aromatic carbocycles. The van der Waals surface area contributed by atoms with Gasteiger partial charge in [0.15, 0.2) is 0 Å². The van der Waals surface area contributed by atoms with Crippen molar-refractivity contribution in [2.75, 3.05) is 37.8 Å². The van der Waals surface area contributed by atoms with Crippen LogP contribution < -0.4 is 4.90 Å². The normalized spacial score (nSPS) is 11.6. The second-order valence-corrected chi connectivity index (χ2v) is 13.1. The van der Waals surface area contributed by atoms with Crippen molar-refractivity contribution in [2.45, 2.75) is 60.3 Å². The average molecular weight is 574 g/mol. The summed E-state index contributed by atoms with van der Waals surface area (Å²) in [5.41, 5.74) is 5.93. The molecular formula is C34H43NO3SSi. The van der Waals surface area contributed by atoms with Crippen molar-refractivity contribution in [1.29, 1.82) is 0 Å². The number of benzene rings is 3. The Labute approximate surface area is 245 Å². The highest BCUT2D eigenvalue weighted by atomic mass is 32.1. The molecule has 6 heteroatoms. The lowest BCUT2D eigenvalue weighted by Crippen LogP contribution is -2.45. The van der Waals surface area contributed by atoms with Crippen LogP contribution in [0, 0.1) is 11.5 Å². The first-order valence-corrected chi connectivity index (χ1v) is 17.4. The zero-order valence-electron chi connectivity index (χ0n) is 24.7. The number of anilines is 1. The summed E-state index contributed by atoms with van der Waals surface area (Å²) in [6, 6.07) is 22.1. The molecule has 1 aromatic heterocycles. The molecule has 0 aliphatic carbocycles. The molecule has 0 amide bonds. The summed E-state index contributed by atoms with van der Waals surface area (Å²) in [6.07, 6.45) is 4.76. The van der Waals surface area contributed by atoms with Gasteiger partial charge in [-0.25, -0.2) is 0 Å². The van der Waals surface area contributed by atoms with E-state index in [1.165, 1.54) is 63.4 Å². The Morgan fingerprint density at radius 3 is 1.65 bits per heavy atom. The molecule has 40 heavy (non-hydrogen) atoms. The maximum Gasteiger partial charge on any atom is 0.591 e. The molecule has 0 aliphatic heterocycles. The van der Waals surface area contributed by atoms with E-state index in [-0.39, 0.29) is 0 Å². The summed E-state index contributed by atoms with van der Waals surface area (Å²) in [4.78, 5) is 4.83. The maximum atomic E-state index is 5.95. The van der Waals surface area contributed by atoms with Gasteiger partial charge in [-0.3, -0.25) is 0 Å². The highest BCUT2D eigenvalue weighted by Crippen LogP contribution is 2.45. The molecule has 4 aromatic rings. The molecule has 1 heterocycles. The molecule has 0 saturated carbocycles. The fourth-order valence-corrected chi connectivity index (χ4v) is 8.14. The SMILES string of the molecule is CCCCN(CCCC)c1c2ccccc2c(-c2ccc(C#C[Si](OCC)(OCC)OCC)s2)c2ccccc12. The van der Waals surface area contributed by atoms with Gasteiger partial charge in [-0.1, -0.05) is 81.1 Å². The van der Waals surface area contributed by atoms with Crippen molar-refractivity contribution >= 4 is 47.4 Å². The third kappa shape index (κ3) is 6.79. The minimum absolute atomic E-state index is 0.508. The Morgan fingerprint density at radius 2 is 1.18 bits per heavy atom. The topological polar surface area (TPSA) is 30.9 Å². The second-order valence-electron chi connectivity index (χ2n) is 9.78. The largest absolute Gasteiger partial charge is 0.591 e. The average Bonchev–Trinajstić information content (AvgIpc) is 3.44. The Hall–Kier alpha value is -2.66. The number of nitrogens with zero attached hydrogens (tertiary/aromatic N) is 1. The summed E-state index contributed by atoms with van der Waals surface area (Å²) in [5, 5.41) is 5.22. The van der Waals surface area contributed by atoms with Crippen LogP contribution in [0.2, 0.25) is 0 Å². The van der Waals surface area contributed by atoms with Crippen molar-refractivity contribution < 1.29 is 13.3 Å². The van der Waals surface area contributed by atoms with E-state index in [2.05, 4.69) is 90.9 Å². The fraction of sp³-hybridized carbons (Fsp3) is 0.412. The molecule has 4 rings (SSSR count). The van der Waals surface area contributed by atoms with Crippen molar-refractivity contribution in [1.82, 2.24) is 0 Å². The van der Waals surface area contributed by atoms with Gasteiger partial charge in [-0.15, -0.1) is 11.3 Å². The third-order valence-electron chi connectivity index (χ3n) is 6.98. The number of thiophene rings is 1. The molecule has 0 aliphatic rings. The van der Waals surface area contributed by atoms with Crippen LogP contribution in [0.1, 0.15) is 65.2 Å². The van der Waals surface area contributed by atoms with Crippen LogP contribution in [-0.4, -0.2) is 41.7 Å². The lowest BCUT2D eigenvalue weighted by molar-refractivity contribution is 0.0870. The molecule has 0 radical (unpaired) electrons. The summed E-state index contributed by atoms with van der Waals surface area (Å²) in [5.74, 6) is 3.35. The van der Waals surface area contributed by atoms with Crippen molar-refractivity contribution in [3.63, 3.8) is 0 Å². The number of unbranched alkanes of at least 4 members (excludes halogenated alkanes) is 2. The number of hydrogen-bond donors (Lipinski definition) is 0. The Bertz CT molecular complexity index is 1370. The standard InChI is InChI=1S/C34H43NO3SSi/c1-6-11-24-35(25-12-7-2)34-30-19-15-13-17-28(30)33(29-18-14-16-20-31(29)34)32-22-21-27(39-32)23-26-40(36-8-3,37-9-4)38-10-5/h13-22H,6-12,24-25H2,1-5H3. The van der Waals surface area contributed by atoms with Crippen molar-refractivity contribution in [3.8, 4) is 21.9 Å². The maximum absolute atomic E-state index is 5.95. The van der Waals surface area contributed by atoms with Gasteiger partial charge < -0.3 is 18.2 Å². The van der Waals surface area contributed by atoms with Crippen molar-refractivity contribution in [3.05, 3.63) is 65.5 Å². The van der Waals surface area contributed by atoms with Crippen LogP contribution in [0.3, 0.4) is 0 Å². The van der Waals surface area contributed by atoms with Gasteiger partial charge in [-0.2, -0.15) is 0 Å². The zero-order valence-corrected chi connectivity index (χ0v) is 26.5. The lowest BCUT2D eigenvalue weighted by atomic mass is 9.93.